The van der Waals surface area contributed by atoms with Gasteiger partial charge >= 0.3 is 0 Å². The molecule has 0 bridgehead atoms. The van der Waals surface area contributed by atoms with Crippen LogP contribution in [0, 0.1) is 0 Å². The number of nitrogens with zero attached hydrogens (tertiary/aromatic N) is 1. The van der Waals surface area contributed by atoms with Crippen LogP contribution in [0.5, 0.6) is 0 Å². The molecular weight excluding hydrogens is 330 g/mol. The third kappa shape index (κ3) is 13.1. The molecule has 0 radical (unpaired) electrons. The lowest BCUT2D eigenvalue weighted by Gasteiger charge is -2.06. The van der Waals surface area contributed by atoms with Crippen LogP contribution in [0.4, 0.5) is 0 Å². The van der Waals surface area contributed by atoms with Gasteiger partial charge in [-0.1, -0.05) is 110 Å². The van der Waals surface area contributed by atoms with Crippen LogP contribution in [0.15, 0.2) is 6.20 Å². The van der Waals surface area contributed by atoms with Crippen molar-refractivity contribution in [3.63, 3.8) is 0 Å². The van der Waals surface area contributed by atoms with E-state index in [4.69, 9.17) is 5.73 Å². The molecule has 1 aromatic rings. The van der Waals surface area contributed by atoms with Gasteiger partial charge in [0.2, 0.25) is 0 Å². The largest absolute Gasteiger partial charge is 0.345 e. The SMILES string of the molecule is CCCCCCCCCCCCCCCCCc1ncc(C(N)CCC)[nH]1. The van der Waals surface area contributed by atoms with E-state index in [-0.39, 0.29) is 6.04 Å². The van der Waals surface area contributed by atoms with Gasteiger partial charge in [0.1, 0.15) is 5.82 Å². The standard InChI is InChI=1S/C24H47N3/c1-3-5-6-7-8-9-10-11-12-13-14-15-16-17-18-20-24-26-21-23(27-24)22(25)19-4-2/h21-22H,3-20,25H2,1-2H3,(H,26,27). The second kappa shape index (κ2) is 17.3. The molecule has 3 heteroatoms. The summed E-state index contributed by atoms with van der Waals surface area (Å²) < 4.78 is 0. The van der Waals surface area contributed by atoms with E-state index in [2.05, 4.69) is 23.8 Å². The number of hydrogen-bond acceptors (Lipinski definition) is 2. The van der Waals surface area contributed by atoms with Crippen molar-refractivity contribution >= 4 is 0 Å². The van der Waals surface area contributed by atoms with Gasteiger partial charge < -0.3 is 10.7 Å². The number of rotatable bonds is 19. The first-order chi connectivity index (χ1) is 13.3. The summed E-state index contributed by atoms with van der Waals surface area (Å²) >= 11 is 0. The number of aryl methyl sites for hydroxylation is 1. The zero-order chi connectivity index (χ0) is 19.6. The number of aromatic amines is 1. The maximum atomic E-state index is 6.13. The van der Waals surface area contributed by atoms with Crippen LogP contribution in [-0.2, 0) is 6.42 Å². The number of aromatic nitrogens is 2. The Bertz CT molecular complexity index is 427. The number of nitrogens with two attached hydrogens (primary N) is 1. The normalized spacial score (nSPS) is 12.6. The van der Waals surface area contributed by atoms with Gasteiger partial charge in [-0.2, -0.15) is 0 Å². The summed E-state index contributed by atoms with van der Waals surface area (Å²) in [5.41, 5.74) is 7.24. The summed E-state index contributed by atoms with van der Waals surface area (Å²) in [6.45, 7) is 4.46. The number of H-pyrrole nitrogens is 1. The molecule has 0 aliphatic heterocycles. The highest BCUT2D eigenvalue weighted by atomic mass is 14.9. The minimum absolute atomic E-state index is 0.123. The van der Waals surface area contributed by atoms with E-state index in [1.807, 2.05) is 6.20 Å². The van der Waals surface area contributed by atoms with E-state index in [1.54, 1.807) is 0 Å². The second-order valence-electron chi connectivity index (χ2n) is 8.38. The Morgan fingerprint density at radius 2 is 1.22 bits per heavy atom. The van der Waals surface area contributed by atoms with Crippen molar-refractivity contribution in [1.82, 2.24) is 9.97 Å². The minimum Gasteiger partial charge on any atom is -0.345 e. The van der Waals surface area contributed by atoms with Crippen molar-refractivity contribution in [2.45, 2.75) is 135 Å². The number of hydrogen-bond donors (Lipinski definition) is 2. The first-order valence-electron chi connectivity index (χ1n) is 12.1. The topological polar surface area (TPSA) is 54.7 Å². The smallest absolute Gasteiger partial charge is 0.106 e. The molecule has 1 rings (SSSR count). The lowest BCUT2D eigenvalue weighted by Crippen LogP contribution is -2.10. The van der Waals surface area contributed by atoms with Gasteiger partial charge in [-0.15, -0.1) is 0 Å². The predicted octanol–water partition coefficient (Wildman–Crippen LogP) is 7.62. The number of unbranched alkanes of at least 4 members (excludes halogenated alkanes) is 14. The Kier molecular flexibility index (Phi) is 15.5. The van der Waals surface area contributed by atoms with E-state index in [0.717, 1.165) is 30.8 Å². The van der Waals surface area contributed by atoms with E-state index in [1.165, 1.54) is 96.3 Å². The molecule has 0 saturated heterocycles. The zero-order valence-electron chi connectivity index (χ0n) is 18.4. The third-order valence-corrected chi connectivity index (χ3v) is 5.66. The van der Waals surface area contributed by atoms with Gasteiger partial charge in [-0.05, 0) is 12.8 Å². The monoisotopic (exact) mass is 377 g/mol. The van der Waals surface area contributed by atoms with E-state index in [0.29, 0.717) is 0 Å². The molecule has 0 saturated carbocycles. The van der Waals surface area contributed by atoms with Crippen molar-refractivity contribution in [2.24, 2.45) is 5.73 Å². The van der Waals surface area contributed by atoms with Crippen LogP contribution in [0.1, 0.15) is 141 Å². The Labute approximate surface area is 169 Å². The predicted molar refractivity (Wildman–Crippen MR) is 119 cm³/mol. The van der Waals surface area contributed by atoms with Crippen molar-refractivity contribution < 1.29 is 0 Å². The molecule has 0 aliphatic carbocycles. The van der Waals surface area contributed by atoms with Crippen molar-refractivity contribution in [3.8, 4) is 0 Å². The summed E-state index contributed by atoms with van der Waals surface area (Å²) in [4.78, 5) is 7.90. The molecule has 0 amide bonds. The molecule has 0 fully saturated rings. The molecule has 158 valence electrons. The van der Waals surface area contributed by atoms with Gasteiger partial charge in [-0.3, -0.25) is 0 Å². The average molecular weight is 378 g/mol. The molecule has 1 heterocycles. The fraction of sp³-hybridized carbons (Fsp3) is 0.875. The molecule has 1 unspecified atom stereocenters. The Hall–Kier alpha value is -0.830. The van der Waals surface area contributed by atoms with Gasteiger partial charge in [0.15, 0.2) is 0 Å². The Morgan fingerprint density at radius 3 is 1.70 bits per heavy atom. The number of imidazole rings is 1. The molecule has 27 heavy (non-hydrogen) atoms. The van der Waals surface area contributed by atoms with Crippen LogP contribution >= 0.6 is 0 Å². The lowest BCUT2D eigenvalue weighted by atomic mass is 10.0. The molecule has 3 nitrogen and oxygen atoms in total. The summed E-state index contributed by atoms with van der Waals surface area (Å²) in [5, 5.41) is 0. The minimum atomic E-state index is 0.123. The van der Waals surface area contributed by atoms with Crippen molar-refractivity contribution in [1.29, 1.82) is 0 Å². The fourth-order valence-electron chi connectivity index (χ4n) is 3.82. The molecule has 1 aromatic heterocycles. The van der Waals surface area contributed by atoms with Gasteiger partial charge in [0, 0.05) is 18.7 Å². The third-order valence-electron chi connectivity index (χ3n) is 5.66. The van der Waals surface area contributed by atoms with E-state index in [9.17, 15) is 0 Å². The number of nitrogens with one attached hydrogen (secondary N) is 1. The van der Waals surface area contributed by atoms with Crippen LogP contribution < -0.4 is 5.73 Å². The van der Waals surface area contributed by atoms with Crippen LogP contribution in [0.2, 0.25) is 0 Å². The van der Waals surface area contributed by atoms with Gasteiger partial charge in [0.05, 0.1) is 5.69 Å². The van der Waals surface area contributed by atoms with Crippen LogP contribution in [0.3, 0.4) is 0 Å². The molecule has 0 spiro atoms. The quantitative estimate of drug-likeness (QED) is 0.243. The van der Waals surface area contributed by atoms with Crippen LogP contribution in [-0.4, -0.2) is 9.97 Å². The summed E-state index contributed by atoms with van der Waals surface area (Å²) in [5.74, 6) is 1.12. The zero-order valence-corrected chi connectivity index (χ0v) is 18.4. The summed E-state index contributed by atoms with van der Waals surface area (Å²) in [6, 6.07) is 0.123. The summed E-state index contributed by atoms with van der Waals surface area (Å²) in [6.07, 6.45) is 26.3. The van der Waals surface area contributed by atoms with Crippen LogP contribution in [0.25, 0.3) is 0 Å². The van der Waals surface area contributed by atoms with E-state index < -0.39 is 0 Å². The van der Waals surface area contributed by atoms with E-state index >= 15 is 0 Å². The summed E-state index contributed by atoms with van der Waals surface area (Å²) in [7, 11) is 0. The molecular formula is C24H47N3. The van der Waals surface area contributed by atoms with Gasteiger partial charge in [-0.25, -0.2) is 4.98 Å². The molecule has 0 aromatic carbocycles. The highest BCUT2D eigenvalue weighted by molar-refractivity contribution is 5.06. The first-order valence-corrected chi connectivity index (χ1v) is 12.1. The molecule has 0 aliphatic rings. The van der Waals surface area contributed by atoms with Crippen molar-refractivity contribution in [2.75, 3.05) is 0 Å². The Balaban J connectivity index is 1.84. The first kappa shape index (κ1) is 24.2. The second-order valence-corrected chi connectivity index (χ2v) is 8.38. The van der Waals surface area contributed by atoms with Gasteiger partial charge in [0.25, 0.3) is 0 Å². The Morgan fingerprint density at radius 1 is 0.741 bits per heavy atom. The molecule has 1 atom stereocenters. The van der Waals surface area contributed by atoms with Crippen molar-refractivity contribution in [3.05, 3.63) is 17.7 Å². The fourth-order valence-corrected chi connectivity index (χ4v) is 3.82. The molecule has 3 N–H and O–H groups in total. The maximum absolute atomic E-state index is 6.13. The average Bonchev–Trinajstić information content (AvgIpc) is 3.14. The highest BCUT2D eigenvalue weighted by Crippen LogP contribution is 2.16. The highest BCUT2D eigenvalue weighted by Gasteiger charge is 2.08. The maximum Gasteiger partial charge on any atom is 0.106 e. The lowest BCUT2D eigenvalue weighted by molar-refractivity contribution is 0.531.